The molecule has 0 aromatic heterocycles. The standard InChI is InChI=1S/C62H45N/c1-62(49-29-12-5-13-30-49)57-37-20-18-36-56(57)61-58(62)38-22-40-60(61)63(50-42-47(44-23-6-2-7-24-44)41-48(43-50)45-25-8-3-9-26-45)59-39-21-19-35-55(59)54-34-17-16-33-53(54)52-32-15-14-31-51(52)46-27-10-4-11-28-46/h2-43H,1H3. The van der Waals surface area contributed by atoms with Crippen LogP contribution in [0.15, 0.2) is 255 Å². The van der Waals surface area contributed by atoms with Crippen molar-refractivity contribution in [3.05, 3.63) is 271 Å². The molecule has 1 heteroatoms. The summed E-state index contributed by atoms with van der Waals surface area (Å²) in [6.45, 7) is 2.40. The molecular weight excluding hydrogens is 759 g/mol. The Morgan fingerprint density at radius 3 is 1.30 bits per heavy atom. The summed E-state index contributed by atoms with van der Waals surface area (Å²) in [5.74, 6) is 0. The maximum atomic E-state index is 2.54. The summed E-state index contributed by atoms with van der Waals surface area (Å²) in [4.78, 5) is 2.54. The first-order chi connectivity index (χ1) is 31.2. The highest BCUT2D eigenvalue weighted by atomic mass is 15.1. The smallest absolute Gasteiger partial charge is 0.0543 e. The van der Waals surface area contributed by atoms with Gasteiger partial charge in [0.2, 0.25) is 0 Å². The van der Waals surface area contributed by atoms with E-state index < -0.39 is 0 Å². The van der Waals surface area contributed by atoms with Crippen molar-refractivity contribution in [2.75, 3.05) is 4.90 Å². The van der Waals surface area contributed by atoms with Gasteiger partial charge in [0.15, 0.2) is 0 Å². The zero-order chi connectivity index (χ0) is 42.2. The zero-order valence-electron chi connectivity index (χ0n) is 35.2. The highest BCUT2D eigenvalue weighted by Gasteiger charge is 2.42. The van der Waals surface area contributed by atoms with E-state index in [1.165, 1.54) is 66.8 Å². The van der Waals surface area contributed by atoms with Gasteiger partial charge >= 0.3 is 0 Å². The second-order valence-electron chi connectivity index (χ2n) is 16.5. The summed E-state index contributed by atoms with van der Waals surface area (Å²) in [5, 5.41) is 0. The lowest BCUT2D eigenvalue weighted by Gasteiger charge is -2.32. The molecule has 0 spiro atoms. The van der Waals surface area contributed by atoms with Crippen LogP contribution in [0.2, 0.25) is 0 Å². The molecule has 63 heavy (non-hydrogen) atoms. The number of hydrogen-bond acceptors (Lipinski definition) is 1. The van der Waals surface area contributed by atoms with Gasteiger partial charge in [-0.15, -0.1) is 0 Å². The maximum absolute atomic E-state index is 2.54. The van der Waals surface area contributed by atoms with Crippen LogP contribution < -0.4 is 4.90 Å². The Morgan fingerprint density at radius 2 is 0.698 bits per heavy atom. The van der Waals surface area contributed by atoms with E-state index in [1.807, 2.05) is 0 Å². The Kier molecular flexibility index (Phi) is 9.71. The van der Waals surface area contributed by atoms with Crippen molar-refractivity contribution in [2.24, 2.45) is 0 Å². The third-order valence-electron chi connectivity index (χ3n) is 13.0. The predicted molar refractivity (Wildman–Crippen MR) is 266 cm³/mol. The minimum absolute atomic E-state index is 0.358. The van der Waals surface area contributed by atoms with E-state index in [0.717, 1.165) is 33.8 Å². The monoisotopic (exact) mass is 803 g/mol. The van der Waals surface area contributed by atoms with Crippen molar-refractivity contribution in [2.45, 2.75) is 12.3 Å². The van der Waals surface area contributed by atoms with Gasteiger partial charge in [-0.2, -0.15) is 0 Å². The molecule has 0 aliphatic heterocycles. The van der Waals surface area contributed by atoms with E-state index in [2.05, 4.69) is 267 Å². The van der Waals surface area contributed by atoms with Gasteiger partial charge in [0.25, 0.3) is 0 Å². The quantitative estimate of drug-likeness (QED) is 0.140. The second-order valence-corrected chi connectivity index (χ2v) is 16.5. The Balaban J connectivity index is 1.21. The highest BCUT2D eigenvalue weighted by Crippen LogP contribution is 2.57. The first kappa shape index (κ1) is 38.0. The molecule has 1 atom stereocenters. The molecule has 1 aliphatic carbocycles. The molecule has 0 N–H and O–H groups in total. The molecule has 0 saturated heterocycles. The Bertz CT molecular complexity index is 3170. The van der Waals surface area contributed by atoms with E-state index in [0.29, 0.717) is 0 Å². The van der Waals surface area contributed by atoms with Crippen LogP contribution in [0.1, 0.15) is 23.6 Å². The Morgan fingerprint density at radius 1 is 0.286 bits per heavy atom. The number of benzene rings is 10. The van der Waals surface area contributed by atoms with Crippen molar-refractivity contribution in [1.82, 2.24) is 0 Å². The third-order valence-corrected chi connectivity index (χ3v) is 13.0. The average molecular weight is 804 g/mol. The molecule has 1 unspecified atom stereocenters. The molecule has 298 valence electrons. The minimum atomic E-state index is -0.358. The Hall–Kier alpha value is -8.00. The molecule has 0 radical (unpaired) electrons. The van der Waals surface area contributed by atoms with Crippen molar-refractivity contribution < 1.29 is 0 Å². The lowest BCUT2D eigenvalue weighted by Crippen LogP contribution is -2.22. The van der Waals surface area contributed by atoms with Crippen LogP contribution in [0.3, 0.4) is 0 Å². The molecule has 0 heterocycles. The largest absolute Gasteiger partial charge is 0.309 e. The van der Waals surface area contributed by atoms with E-state index in [1.54, 1.807) is 0 Å². The number of para-hydroxylation sites is 1. The summed E-state index contributed by atoms with van der Waals surface area (Å²) < 4.78 is 0. The molecule has 11 rings (SSSR count). The van der Waals surface area contributed by atoms with E-state index >= 15 is 0 Å². The van der Waals surface area contributed by atoms with Gasteiger partial charge < -0.3 is 4.90 Å². The van der Waals surface area contributed by atoms with Crippen molar-refractivity contribution in [3.8, 4) is 66.8 Å². The predicted octanol–water partition coefficient (Wildman–Crippen LogP) is 16.8. The summed E-state index contributed by atoms with van der Waals surface area (Å²) in [7, 11) is 0. The van der Waals surface area contributed by atoms with Crippen LogP contribution in [0.5, 0.6) is 0 Å². The Labute approximate surface area is 370 Å². The average Bonchev–Trinajstić information content (AvgIpc) is 3.64. The van der Waals surface area contributed by atoms with Gasteiger partial charge in [0.05, 0.1) is 11.4 Å². The second kappa shape index (κ2) is 16.1. The van der Waals surface area contributed by atoms with E-state index in [4.69, 9.17) is 0 Å². The molecule has 1 aliphatic rings. The molecule has 1 nitrogen and oxygen atoms in total. The molecular formula is C62H45N. The summed E-state index contributed by atoms with van der Waals surface area (Å²) in [6, 6.07) is 93.1. The molecule has 0 saturated carbocycles. The maximum Gasteiger partial charge on any atom is 0.0543 e. The van der Waals surface area contributed by atoms with Crippen LogP contribution in [-0.2, 0) is 5.41 Å². The lowest BCUT2D eigenvalue weighted by molar-refractivity contribution is 0.714. The van der Waals surface area contributed by atoms with Crippen molar-refractivity contribution in [3.63, 3.8) is 0 Å². The number of hydrogen-bond donors (Lipinski definition) is 0. The number of anilines is 3. The first-order valence-corrected chi connectivity index (χ1v) is 21.8. The van der Waals surface area contributed by atoms with E-state index in [9.17, 15) is 0 Å². The van der Waals surface area contributed by atoms with Gasteiger partial charge in [-0.25, -0.2) is 0 Å². The summed E-state index contributed by atoms with van der Waals surface area (Å²) >= 11 is 0. The highest BCUT2D eigenvalue weighted by molar-refractivity contribution is 6.02. The van der Waals surface area contributed by atoms with Crippen molar-refractivity contribution in [1.29, 1.82) is 0 Å². The first-order valence-electron chi connectivity index (χ1n) is 21.8. The van der Waals surface area contributed by atoms with Gasteiger partial charge in [-0.3, -0.25) is 0 Å². The molecule has 0 bridgehead atoms. The molecule has 0 fully saturated rings. The summed E-state index contributed by atoms with van der Waals surface area (Å²) in [6.07, 6.45) is 0. The fourth-order valence-electron chi connectivity index (χ4n) is 9.97. The molecule has 10 aromatic rings. The number of rotatable bonds is 9. The van der Waals surface area contributed by atoms with Crippen LogP contribution in [-0.4, -0.2) is 0 Å². The minimum Gasteiger partial charge on any atom is -0.309 e. The summed E-state index contributed by atoms with van der Waals surface area (Å²) in [5.41, 5.74) is 21.2. The fraction of sp³-hybridized carbons (Fsp3) is 0.0323. The number of fused-ring (bicyclic) bond motifs is 3. The van der Waals surface area contributed by atoms with Crippen LogP contribution in [0, 0.1) is 0 Å². The molecule has 10 aromatic carbocycles. The van der Waals surface area contributed by atoms with Crippen molar-refractivity contribution >= 4 is 17.1 Å². The van der Waals surface area contributed by atoms with E-state index in [-0.39, 0.29) is 5.41 Å². The van der Waals surface area contributed by atoms with Gasteiger partial charge in [0.1, 0.15) is 0 Å². The van der Waals surface area contributed by atoms with Gasteiger partial charge in [-0.05, 0) is 110 Å². The van der Waals surface area contributed by atoms with Gasteiger partial charge in [-0.1, -0.05) is 224 Å². The lowest BCUT2D eigenvalue weighted by atomic mass is 9.74. The zero-order valence-corrected chi connectivity index (χ0v) is 35.2. The van der Waals surface area contributed by atoms with Gasteiger partial charge in [0, 0.05) is 22.2 Å². The SMILES string of the molecule is CC1(c2ccccc2)c2ccccc2-c2c(N(c3cc(-c4ccccc4)cc(-c4ccccc4)c3)c3ccccc3-c3ccccc3-c3ccccc3-c3ccccc3)cccc21. The normalized spacial score (nSPS) is 13.9. The van der Waals surface area contributed by atoms with Crippen LogP contribution in [0.25, 0.3) is 66.8 Å². The fourth-order valence-corrected chi connectivity index (χ4v) is 9.97. The molecule has 0 amide bonds. The topological polar surface area (TPSA) is 3.24 Å². The number of nitrogens with zero attached hydrogens (tertiary/aromatic N) is 1. The third kappa shape index (κ3) is 6.67. The van der Waals surface area contributed by atoms with Crippen LogP contribution >= 0.6 is 0 Å². The van der Waals surface area contributed by atoms with Crippen LogP contribution in [0.4, 0.5) is 17.1 Å².